The van der Waals surface area contributed by atoms with Gasteiger partial charge in [0.25, 0.3) is 0 Å². The van der Waals surface area contributed by atoms with E-state index in [-0.39, 0.29) is 0 Å². The van der Waals surface area contributed by atoms with Crippen molar-refractivity contribution in [2.75, 3.05) is 20.2 Å². The highest BCUT2D eigenvalue weighted by molar-refractivity contribution is 5.67. The van der Waals surface area contributed by atoms with Crippen molar-refractivity contribution in [3.8, 4) is 0 Å². The van der Waals surface area contributed by atoms with Gasteiger partial charge in [-0.1, -0.05) is 0 Å². The van der Waals surface area contributed by atoms with Crippen molar-refractivity contribution >= 4 is 6.09 Å². The molecule has 1 heterocycles. The lowest BCUT2D eigenvalue weighted by molar-refractivity contribution is -0.286. The van der Waals surface area contributed by atoms with Crippen LogP contribution in [0.15, 0.2) is 0 Å². The van der Waals surface area contributed by atoms with Gasteiger partial charge in [0.05, 0.1) is 6.61 Å². The van der Waals surface area contributed by atoms with Gasteiger partial charge in [-0.3, -0.25) is 0 Å². The molecule has 8 nitrogen and oxygen atoms in total. The lowest BCUT2D eigenvalue weighted by Gasteiger charge is -2.39. The van der Waals surface area contributed by atoms with Crippen molar-refractivity contribution in [3.05, 3.63) is 0 Å². The smallest absolute Gasteiger partial charge is 0.411 e. The third kappa shape index (κ3) is 3.09. The fourth-order valence-corrected chi connectivity index (χ4v) is 1.48. The zero-order chi connectivity index (χ0) is 13.9. The number of carbonyl (C=O) groups is 1. The number of rotatable bonds is 3. The summed E-state index contributed by atoms with van der Waals surface area (Å²) in [5.74, 6) is 0. The second-order valence-corrected chi connectivity index (χ2v) is 4.10. The van der Waals surface area contributed by atoms with Crippen LogP contribution in [0, 0.1) is 0 Å². The SMILES string of the molecule is CCN(C)C(=O)OC1O[C@H](CO)[C@@H](O)[C@H](O)[C@H]1O. The Labute approximate surface area is 104 Å². The molecule has 1 fully saturated rings. The predicted molar refractivity (Wildman–Crippen MR) is 58.6 cm³/mol. The van der Waals surface area contributed by atoms with E-state index in [2.05, 4.69) is 0 Å². The Hall–Kier alpha value is -0.930. The van der Waals surface area contributed by atoms with E-state index in [1.54, 1.807) is 6.92 Å². The van der Waals surface area contributed by atoms with E-state index in [9.17, 15) is 20.1 Å². The summed E-state index contributed by atoms with van der Waals surface area (Å²) in [6.45, 7) is 1.56. The van der Waals surface area contributed by atoms with E-state index in [4.69, 9.17) is 14.6 Å². The first-order valence-corrected chi connectivity index (χ1v) is 5.64. The third-order valence-electron chi connectivity index (χ3n) is 2.85. The van der Waals surface area contributed by atoms with Gasteiger partial charge < -0.3 is 34.8 Å². The minimum absolute atomic E-state index is 0.399. The molecule has 4 N–H and O–H groups in total. The molecule has 0 radical (unpaired) electrons. The van der Waals surface area contributed by atoms with Crippen LogP contribution < -0.4 is 0 Å². The molecule has 1 saturated heterocycles. The fraction of sp³-hybridized carbons (Fsp3) is 0.900. The first-order chi connectivity index (χ1) is 8.42. The maximum absolute atomic E-state index is 11.5. The Morgan fingerprint density at radius 2 is 1.89 bits per heavy atom. The number of carbonyl (C=O) groups excluding carboxylic acids is 1. The molecule has 0 spiro atoms. The fourth-order valence-electron chi connectivity index (χ4n) is 1.48. The highest BCUT2D eigenvalue weighted by atomic mass is 16.7. The molecule has 106 valence electrons. The van der Waals surface area contributed by atoms with E-state index in [0.717, 1.165) is 0 Å². The summed E-state index contributed by atoms with van der Waals surface area (Å²) in [4.78, 5) is 12.7. The summed E-state index contributed by atoms with van der Waals surface area (Å²) in [5.41, 5.74) is 0. The summed E-state index contributed by atoms with van der Waals surface area (Å²) >= 11 is 0. The number of ether oxygens (including phenoxy) is 2. The van der Waals surface area contributed by atoms with Gasteiger partial charge in [0, 0.05) is 13.6 Å². The van der Waals surface area contributed by atoms with Crippen LogP contribution in [0.2, 0.25) is 0 Å². The molecule has 0 aromatic rings. The van der Waals surface area contributed by atoms with Gasteiger partial charge in [0.2, 0.25) is 6.29 Å². The third-order valence-corrected chi connectivity index (χ3v) is 2.85. The van der Waals surface area contributed by atoms with E-state index >= 15 is 0 Å². The molecular weight excluding hydrogens is 246 g/mol. The molecule has 1 amide bonds. The van der Waals surface area contributed by atoms with Gasteiger partial charge in [-0.25, -0.2) is 4.79 Å². The average molecular weight is 265 g/mol. The molecular formula is C10H19NO7. The molecule has 5 atom stereocenters. The largest absolute Gasteiger partial charge is 0.416 e. The number of amides is 1. The second kappa shape index (κ2) is 6.30. The Morgan fingerprint density at radius 1 is 1.28 bits per heavy atom. The van der Waals surface area contributed by atoms with Crippen LogP contribution in [0.3, 0.4) is 0 Å². The molecule has 8 heteroatoms. The Kier molecular flexibility index (Phi) is 5.29. The van der Waals surface area contributed by atoms with Gasteiger partial charge in [-0.05, 0) is 6.92 Å². The zero-order valence-corrected chi connectivity index (χ0v) is 10.3. The van der Waals surface area contributed by atoms with Crippen LogP contribution in [-0.2, 0) is 9.47 Å². The van der Waals surface area contributed by atoms with Crippen LogP contribution in [0.25, 0.3) is 0 Å². The van der Waals surface area contributed by atoms with Crippen molar-refractivity contribution in [1.82, 2.24) is 4.90 Å². The highest BCUT2D eigenvalue weighted by Gasteiger charge is 2.45. The first kappa shape index (κ1) is 15.1. The zero-order valence-electron chi connectivity index (χ0n) is 10.3. The molecule has 1 aliphatic rings. The van der Waals surface area contributed by atoms with Crippen molar-refractivity contribution in [1.29, 1.82) is 0 Å². The van der Waals surface area contributed by atoms with Gasteiger partial charge in [0.1, 0.15) is 24.4 Å². The van der Waals surface area contributed by atoms with Crippen LogP contribution >= 0.6 is 0 Å². The summed E-state index contributed by atoms with van der Waals surface area (Å²) < 4.78 is 9.86. The maximum Gasteiger partial charge on any atom is 0.411 e. The summed E-state index contributed by atoms with van der Waals surface area (Å²) in [7, 11) is 1.49. The summed E-state index contributed by atoms with van der Waals surface area (Å²) in [6.07, 6.45) is -7.85. The van der Waals surface area contributed by atoms with E-state index in [1.165, 1.54) is 11.9 Å². The molecule has 0 saturated carbocycles. The van der Waals surface area contributed by atoms with E-state index < -0.39 is 43.4 Å². The lowest BCUT2D eigenvalue weighted by atomic mass is 9.99. The maximum atomic E-state index is 11.5. The predicted octanol–water partition coefficient (Wildman–Crippen LogP) is -2.13. The first-order valence-electron chi connectivity index (χ1n) is 5.64. The standard InChI is InChI=1S/C10H19NO7/c1-3-11(2)10(16)18-9-8(15)7(14)6(13)5(4-12)17-9/h5-9,12-15H,3-4H2,1-2H3/t5-,6-,7+,8-,9?/m1/s1. The molecule has 18 heavy (non-hydrogen) atoms. The molecule has 0 aliphatic carbocycles. The summed E-state index contributed by atoms with van der Waals surface area (Å²) in [5, 5.41) is 37.6. The number of aliphatic hydroxyl groups is 4. The number of hydrogen-bond acceptors (Lipinski definition) is 7. The Balaban J connectivity index is 2.67. The molecule has 1 unspecified atom stereocenters. The van der Waals surface area contributed by atoms with Crippen molar-refractivity contribution in [2.45, 2.75) is 37.6 Å². The molecule has 1 aliphatic heterocycles. The van der Waals surface area contributed by atoms with E-state index in [1.807, 2.05) is 0 Å². The van der Waals surface area contributed by atoms with Crippen molar-refractivity contribution in [2.24, 2.45) is 0 Å². The number of aliphatic hydroxyl groups excluding tert-OH is 4. The Morgan fingerprint density at radius 3 is 2.39 bits per heavy atom. The van der Waals surface area contributed by atoms with E-state index in [0.29, 0.717) is 6.54 Å². The van der Waals surface area contributed by atoms with Gasteiger partial charge in [0.15, 0.2) is 0 Å². The second-order valence-electron chi connectivity index (χ2n) is 4.10. The monoisotopic (exact) mass is 265 g/mol. The molecule has 1 rings (SSSR count). The summed E-state index contributed by atoms with van der Waals surface area (Å²) in [6, 6.07) is 0. The van der Waals surface area contributed by atoms with Crippen LogP contribution in [0.4, 0.5) is 4.79 Å². The van der Waals surface area contributed by atoms with Gasteiger partial charge in [-0.15, -0.1) is 0 Å². The van der Waals surface area contributed by atoms with Crippen LogP contribution in [0.1, 0.15) is 6.92 Å². The van der Waals surface area contributed by atoms with Crippen molar-refractivity contribution in [3.63, 3.8) is 0 Å². The quantitative estimate of drug-likeness (QED) is 0.460. The van der Waals surface area contributed by atoms with Crippen LogP contribution in [-0.4, -0.2) is 82.3 Å². The topological polar surface area (TPSA) is 120 Å². The molecule has 0 aromatic heterocycles. The lowest BCUT2D eigenvalue weighted by Crippen LogP contribution is -2.59. The minimum Gasteiger partial charge on any atom is -0.416 e. The van der Waals surface area contributed by atoms with Crippen molar-refractivity contribution < 1.29 is 34.7 Å². The normalized spacial score (nSPS) is 36.2. The minimum atomic E-state index is -1.57. The van der Waals surface area contributed by atoms with Gasteiger partial charge >= 0.3 is 6.09 Å². The molecule has 0 aromatic carbocycles. The molecule has 0 bridgehead atoms. The number of hydrogen-bond donors (Lipinski definition) is 4. The van der Waals surface area contributed by atoms with Crippen LogP contribution in [0.5, 0.6) is 0 Å². The average Bonchev–Trinajstić information content (AvgIpc) is 2.38. The highest BCUT2D eigenvalue weighted by Crippen LogP contribution is 2.22. The Bertz CT molecular complexity index is 285. The number of nitrogens with zero attached hydrogens (tertiary/aromatic N) is 1. The van der Waals surface area contributed by atoms with Gasteiger partial charge in [-0.2, -0.15) is 0 Å².